The van der Waals surface area contributed by atoms with E-state index in [1.807, 2.05) is 54.7 Å². The minimum atomic E-state index is 0.107. The van der Waals surface area contributed by atoms with E-state index in [2.05, 4.69) is 32.7 Å². The maximum atomic E-state index is 5.81. The second kappa shape index (κ2) is 7.95. The van der Waals surface area contributed by atoms with Gasteiger partial charge in [-0.15, -0.1) is 0 Å². The van der Waals surface area contributed by atoms with Crippen LogP contribution in [0.25, 0.3) is 22.2 Å². The van der Waals surface area contributed by atoms with E-state index < -0.39 is 0 Å². The lowest BCUT2D eigenvalue weighted by Crippen LogP contribution is -2.33. The summed E-state index contributed by atoms with van der Waals surface area (Å²) in [5, 5.41) is 7.65. The number of anilines is 2. The standard InChI is InChI=1S/C23H21N5O/c1-2-11-25-20(6-1)19-5-3-4-17-14-26-23(28-22(17)19)27-18-9-7-16(8-10-18)21-15-24-12-13-29-21/h1-11,14,21,24H,12-13,15H2,(H,26,27,28). The third-order valence-electron chi connectivity index (χ3n) is 5.02. The highest BCUT2D eigenvalue weighted by atomic mass is 16.5. The molecule has 0 bridgehead atoms. The summed E-state index contributed by atoms with van der Waals surface area (Å²) in [5.74, 6) is 0.559. The first kappa shape index (κ1) is 17.7. The number of nitrogens with one attached hydrogen (secondary N) is 2. The van der Waals surface area contributed by atoms with Crippen molar-refractivity contribution in [3.63, 3.8) is 0 Å². The van der Waals surface area contributed by atoms with Gasteiger partial charge in [0.25, 0.3) is 0 Å². The van der Waals surface area contributed by atoms with Gasteiger partial charge in [-0.25, -0.2) is 9.97 Å². The van der Waals surface area contributed by atoms with E-state index >= 15 is 0 Å². The molecule has 2 aromatic heterocycles. The summed E-state index contributed by atoms with van der Waals surface area (Å²) >= 11 is 0. The van der Waals surface area contributed by atoms with Gasteiger partial charge in [-0.3, -0.25) is 4.98 Å². The molecule has 1 unspecified atom stereocenters. The highest BCUT2D eigenvalue weighted by Crippen LogP contribution is 2.27. The van der Waals surface area contributed by atoms with Gasteiger partial charge < -0.3 is 15.4 Å². The number of fused-ring (bicyclic) bond motifs is 1. The Labute approximate surface area is 169 Å². The van der Waals surface area contributed by atoms with Gasteiger partial charge in [-0.05, 0) is 29.8 Å². The topological polar surface area (TPSA) is 72.0 Å². The molecule has 2 N–H and O–H groups in total. The molecular weight excluding hydrogens is 362 g/mol. The van der Waals surface area contributed by atoms with E-state index in [4.69, 9.17) is 9.72 Å². The Bertz CT molecular complexity index is 1110. The largest absolute Gasteiger partial charge is 0.371 e. The number of para-hydroxylation sites is 1. The summed E-state index contributed by atoms with van der Waals surface area (Å²) in [7, 11) is 0. The van der Waals surface area contributed by atoms with Crippen LogP contribution in [-0.2, 0) is 4.74 Å². The molecule has 1 saturated heterocycles. The molecule has 144 valence electrons. The predicted octanol–water partition coefficient (Wildman–Crippen LogP) is 4.10. The van der Waals surface area contributed by atoms with Crippen LogP contribution in [0.5, 0.6) is 0 Å². The zero-order chi connectivity index (χ0) is 19.5. The van der Waals surface area contributed by atoms with E-state index in [1.165, 1.54) is 5.56 Å². The average Bonchev–Trinajstić information content (AvgIpc) is 2.80. The summed E-state index contributed by atoms with van der Waals surface area (Å²) in [6, 6.07) is 20.2. The first-order valence-electron chi connectivity index (χ1n) is 9.73. The van der Waals surface area contributed by atoms with Crippen LogP contribution in [0.2, 0.25) is 0 Å². The number of hydrogen-bond donors (Lipinski definition) is 2. The molecule has 0 radical (unpaired) electrons. The lowest BCUT2D eigenvalue weighted by Gasteiger charge is -2.24. The maximum Gasteiger partial charge on any atom is 0.227 e. The fraction of sp³-hybridized carbons (Fsp3) is 0.174. The van der Waals surface area contributed by atoms with E-state index in [1.54, 1.807) is 6.20 Å². The third-order valence-corrected chi connectivity index (χ3v) is 5.02. The zero-order valence-electron chi connectivity index (χ0n) is 15.9. The number of benzene rings is 2. The number of ether oxygens (including phenoxy) is 1. The van der Waals surface area contributed by atoms with Crippen molar-refractivity contribution in [2.45, 2.75) is 6.10 Å². The minimum Gasteiger partial charge on any atom is -0.371 e. The molecule has 0 saturated carbocycles. The highest BCUT2D eigenvalue weighted by Gasteiger charge is 2.15. The SMILES string of the molecule is c1ccc(-c2cccc3cnc(Nc4ccc(C5CNCCO5)cc4)nc23)nc1. The van der Waals surface area contributed by atoms with Crippen LogP contribution in [0.3, 0.4) is 0 Å². The van der Waals surface area contributed by atoms with Crippen molar-refractivity contribution in [2.24, 2.45) is 0 Å². The van der Waals surface area contributed by atoms with Gasteiger partial charge in [0.05, 0.1) is 23.9 Å². The Balaban J connectivity index is 1.42. The molecule has 6 nitrogen and oxygen atoms in total. The van der Waals surface area contributed by atoms with Crippen LogP contribution in [0.4, 0.5) is 11.6 Å². The molecule has 4 aromatic rings. The summed E-state index contributed by atoms with van der Waals surface area (Å²) in [6.45, 7) is 2.50. The van der Waals surface area contributed by atoms with Crippen molar-refractivity contribution in [1.29, 1.82) is 0 Å². The lowest BCUT2D eigenvalue weighted by molar-refractivity contribution is 0.0277. The van der Waals surface area contributed by atoms with Gasteiger partial charge >= 0.3 is 0 Å². The number of rotatable bonds is 4. The second-order valence-corrected chi connectivity index (χ2v) is 6.96. The number of aromatic nitrogens is 3. The molecular formula is C23H21N5O. The molecule has 3 heterocycles. The Kier molecular flexibility index (Phi) is 4.86. The van der Waals surface area contributed by atoms with Crippen molar-refractivity contribution < 1.29 is 4.74 Å². The molecule has 1 aliphatic rings. The molecule has 5 rings (SSSR count). The van der Waals surface area contributed by atoms with Gasteiger partial charge in [0, 0.05) is 42.1 Å². The molecule has 0 amide bonds. The number of hydrogen-bond acceptors (Lipinski definition) is 6. The van der Waals surface area contributed by atoms with E-state index in [0.717, 1.165) is 47.5 Å². The highest BCUT2D eigenvalue weighted by molar-refractivity contribution is 5.92. The second-order valence-electron chi connectivity index (χ2n) is 6.96. The summed E-state index contributed by atoms with van der Waals surface area (Å²) in [4.78, 5) is 13.7. The first-order valence-corrected chi connectivity index (χ1v) is 9.73. The third kappa shape index (κ3) is 3.81. The lowest BCUT2D eigenvalue weighted by atomic mass is 10.1. The summed E-state index contributed by atoms with van der Waals surface area (Å²) in [5.41, 5.74) is 4.87. The summed E-state index contributed by atoms with van der Waals surface area (Å²) < 4.78 is 5.81. The first-order chi connectivity index (χ1) is 14.4. The number of pyridine rings is 1. The van der Waals surface area contributed by atoms with Crippen molar-refractivity contribution in [1.82, 2.24) is 20.3 Å². The van der Waals surface area contributed by atoms with E-state index in [0.29, 0.717) is 5.95 Å². The van der Waals surface area contributed by atoms with E-state index in [-0.39, 0.29) is 6.10 Å². The minimum absolute atomic E-state index is 0.107. The molecule has 2 aromatic carbocycles. The molecule has 29 heavy (non-hydrogen) atoms. The Morgan fingerprint density at radius 3 is 2.69 bits per heavy atom. The van der Waals surface area contributed by atoms with Crippen LogP contribution < -0.4 is 10.6 Å². The number of nitrogens with zero attached hydrogens (tertiary/aromatic N) is 3. The smallest absolute Gasteiger partial charge is 0.227 e. The van der Waals surface area contributed by atoms with Crippen molar-refractivity contribution in [3.05, 3.63) is 78.6 Å². The van der Waals surface area contributed by atoms with Crippen molar-refractivity contribution in [3.8, 4) is 11.3 Å². The van der Waals surface area contributed by atoms with Crippen LogP contribution >= 0.6 is 0 Å². The normalized spacial score (nSPS) is 16.6. The monoisotopic (exact) mass is 383 g/mol. The molecule has 1 fully saturated rings. The van der Waals surface area contributed by atoms with Gasteiger partial charge in [0.1, 0.15) is 0 Å². The zero-order valence-corrected chi connectivity index (χ0v) is 15.9. The Morgan fingerprint density at radius 1 is 0.966 bits per heavy atom. The molecule has 6 heteroatoms. The number of morpholine rings is 1. The van der Waals surface area contributed by atoms with Crippen molar-refractivity contribution >= 4 is 22.5 Å². The van der Waals surface area contributed by atoms with Crippen LogP contribution in [-0.4, -0.2) is 34.6 Å². The Morgan fingerprint density at radius 2 is 1.90 bits per heavy atom. The van der Waals surface area contributed by atoms with Crippen LogP contribution in [0.15, 0.2) is 73.1 Å². The van der Waals surface area contributed by atoms with Gasteiger partial charge in [0.15, 0.2) is 0 Å². The predicted molar refractivity (Wildman–Crippen MR) is 114 cm³/mol. The quantitative estimate of drug-likeness (QED) is 0.553. The molecule has 1 atom stereocenters. The molecule has 1 aliphatic heterocycles. The van der Waals surface area contributed by atoms with Gasteiger partial charge in [-0.2, -0.15) is 0 Å². The van der Waals surface area contributed by atoms with Crippen LogP contribution in [0, 0.1) is 0 Å². The van der Waals surface area contributed by atoms with Gasteiger partial charge in [0.2, 0.25) is 5.95 Å². The fourth-order valence-corrected chi connectivity index (χ4v) is 3.53. The average molecular weight is 383 g/mol. The molecule has 0 aliphatic carbocycles. The fourth-order valence-electron chi connectivity index (χ4n) is 3.53. The van der Waals surface area contributed by atoms with E-state index in [9.17, 15) is 0 Å². The summed E-state index contributed by atoms with van der Waals surface area (Å²) in [6.07, 6.45) is 3.74. The van der Waals surface area contributed by atoms with Gasteiger partial charge in [-0.1, -0.05) is 36.4 Å². The van der Waals surface area contributed by atoms with Crippen molar-refractivity contribution in [2.75, 3.05) is 25.0 Å². The molecule has 0 spiro atoms. The maximum absolute atomic E-state index is 5.81. The van der Waals surface area contributed by atoms with Crippen LogP contribution in [0.1, 0.15) is 11.7 Å². The Hall–Kier alpha value is -3.35.